The molecule has 0 aromatic rings. The number of thioether (sulfide) groups is 1. The molecule has 0 aromatic heterocycles. The van der Waals surface area contributed by atoms with Crippen molar-refractivity contribution in [2.24, 2.45) is 4.99 Å². The zero-order chi connectivity index (χ0) is 15.0. The molecule has 4 nitrogen and oxygen atoms in total. The van der Waals surface area contributed by atoms with Gasteiger partial charge in [-0.2, -0.15) is 11.8 Å². The first-order valence-corrected chi connectivity index (χ1v) is 9.44. The standard InChI is InChI=1S/C16H31N3OS.HI/c1-3-17-15(18-10-7-12-20-2)19-11-13-21-16(14-19)8-5-4-6-9-16;/h3-14H2,1-2H3,(H,17,18);1H. The zero-order valence-electron chi connectivity index (χ0n) is 14.1. The van der Waals surface area contributed by atoms with E-state index in [0.29, 0.717) is 4.75 Å². The largest absolute Gasteiger partial charge is 0.385 e. The molecule has 2 fully saturated rings. The third-order valence-corrected chi connectivity index (χ3v) is 5.95. The second kappa shape index (κ2) is 11.0. The molecular formula is C16H32IN3OS. The van der Waals surface area contributed by atoms with Crippen LogP contribution in [0.3, 0.4) is 0 Å². The van der Waals surface area contributed by atoms with Gasteiger partial charge in [0.15, 0.2) is 5.96 Å². The fourth-order valence-corrected chi connectivity index (χ4v) is 4.91. The molecule has 22 heavy (non-hydrogen) atoms. The monoisotopic (exact) mass is 441 g/mol. The first kappa shape index (κ1) is 20.4. The number of aliphatic imine (C=N–C) groups is 1. The average Bonchev–Trinajstić information content (AvgIpc) is 2.51. The Balaban J connectivity index is 0.00000242. The van der Waals surface area contributed by atoms with Gasteiger partial charge in [-0.05, 0) is 26.2 Å². The van der Waals surface area contributed by atoms with Crippen molar-refractivity contribution in [3.8, 4) is 0 Å². The van der Waals surface area contributed by atoms with Crippen LogP contribution in [0.4, 0.5) is 0 Å². The van der Waals surface area contributed by atoms with Gasteiger partial charge in [0.1, 0.15) is 0 Å². The lowest BCUT2D eigenvalue weighted by atomic mass is 9.87. The van der Waals surface area contributed by atoms with Crippen molar-refractivity contribution >= 4 is 41.7 Å². The van der Waals surface area contributed by atoms with Gasteiger partial charge in [0.25, 0.3) is 0 Å². The number of hydrogen-bond donors (Lipinski definition) is 1. The van der Waals surface area contributed by atoms with E-state index in [2.05, 4.69) is 28.9 Å². The van der Waals surface area contributed by atoms with E-state index in [9.17, 15) is 0 Å². The van der Waals surface area contributed by atoms with Crippen LogP contribution in [0.25, 0.3) is 0 Å². The van der Waals surface area contributed by atoms with Crippen molar-refractivity contribution < 1.29 is 4.74 Å². The Hall–Kier alpha value is 0.310. The molecule has 2 rings (SSSR count). The van der Waals surface area contributed by atoms with Crippen LogP contribution in [0.2, 0.25) is 0 Å². The van der Waals surface area contributed by atoms with E-state index in [1.807, 2.05) is 0 Å². The van der Waals surface area contributed by atoms with Crippen molar-refractivity contribution in [3.05, 3.63) is 0 Å². The fourth-order valence-electron chi connectivity index (χ4n) is 3.34. The molecule has 0 atom stereocenters. The molecule has 0 unspecified atom stereocenters. The zero-order valence-corrected chi connectivity index (χ0v) is 17.3. The van der Waals surface area contributed by atoms with E-state index >= 15 is 0 Å². The van der Waals surface area contributed by atoms with Gasteiger partial charge in [-0.15, -0.1) is 24.0 Å². The lowest BCUT2D eigenvalue weighted by molar-refractivity contribution is 0.196. The summed E-state index contributed by atoms with van der Waals surface area (Å²) in [5, 5.41) is 3.48. The summed E-state index contributed by atoms with van der Waals surface area (Å²) < 4.78 is 5.61. The number of guanidine groups is 1. The summed E-state index contributed by atoms with van der Waals surface area (Å²) in [4.78, 5) is 7.29. The first-order valence-electron chi connectivity index (χ1n) is 8.46. The number of halogens is 1. The van der Waals surface area contributed by atoms with E-state index < -0.39 is 0 Å². The number of ether oxygens (including phenoxy) is 1. The SMILES string of the molecule is CCNC(=NCCCOC)N1CCSC2(CCCCC2)C1.I. The summed E-state index contributed by atoms with van der Waals surface area (Å²) in [6, 6.07) is 0. The first-order chi connectivity index (χ1) is 10.3. The van der Waals surface area contributed by atoms with Gasteiger partial charge < -0.3 is 15.0 Å². The molecule has 0 amide bonds. The summed E-state index contributed by atoms with van der Waals surface area (Å²) in [5.41, 5.74) is 0. The predicted octanol–water partition coefficient (Wildman–Crippen LogP) is 3.36. The van der Waals surface area contributed by atoms with E-state index in [4.69, 9.17) is 9.73 Å². The minimum atomic E-state index is 0. The Morgan fingerprint density at radius 2 is 2.09 bits per heavy atom. The summed E-state index contributed by atoms with van der Waals surface area (Å²) in [5.74, 6) is 2.35. The molecule has 2 aliphatic rings. The predicted molar refractivity (Wildman–Crippen MR) is 108 cm³/mol. The van der Waals surface area contributed by atoms with Crippen LogP contribution in [-0.2, 0) is 4.74 Å². The summed E-state index contributed by atoms with van der Waals surface area (Å²) >= 11 is 2.21. The van der Waals surface area contributed by atoms with Crippen molar-refractivity contribution in [1.82, 2.24) is 10.2 Å². The highest BCUT2D eigenvalue weighted by Gasteiger charge is 2.38. The Bertz CT molecular complexity index is 330. The van der Waals surface area contributed by atoms with Crippen LogP contribution in [-0.4, -0.2) is 61.3 Å². The van der Waals surface area contributed by atoms with Crippen molar-refractivity contribution in [2.45, 2.75) is 50.2 Å². The van der Waals surface area contributed by atoms with Gasteiger partial charge >= 0.3 is 0 Å². The highest BCUT2D eigenvalue weighted by Crippen LogP contribution is 2.42. The quantitative estimate of drug-likeness (QED) is 0.307. The maximum absolute atomic E-state index is 5.11. The third kappa shape index (κ3) is 6.07. The molecule has 1 heterocycles. The maximum atomic E-state index is 5.11. The molecule has 0 aromatic carbocycles. The summed E-state index contributed by atoms with van der Waals surface area (Å²) in [6.07, 6.45) is 8.01. The Morgan fingerprint density at radius 1 is 1.32 bits per heavy atom. The van der Waals surface area contributed by atoms with Gasteiger partial charge in [-0.1, -0.05) is 19.3 Å². The molecule has 1 N–H and O–H groups in total. The Kier molecular flexibility index (Phi) is 10.1. The molecule has 0 bridgehead atoms. The van der Waals surface area contributed by atoms with Gasteiger partial charge in [0.2, 0.25) is 0 Å². The maximum Gasteiger partial charge on any atom is 0.193 e. The second-order valence-corrected chi connectivity index (χ2v) is 7.66. The molecule has 1 saturated heterocycles. The Morgan fingerprint density at radius 3 is 2.77 bits per heavy atom. The van der Waals surface area contributed by atoms with Gasteiger partial charge in [-0.25, -0.2) is 0 Å². The molecule has 1 saturated carbocycles. The summed E-state index contributed by atoms with van der Waals surface area (Å²) in [6.45, 7) is 7.05. The van der Waals surface area contributed by atoms with E-state index in [-0.39, 0.29) is 24.0 Å². The molecule has 6 heteroatoms. The molecule has 130 valence electrons. The van der Waals surface area contributed by atoms with Crippen LogP contribution in [0.5, 0.6) is 0 Å². The van der Waals surface area contributed by atoms with Crippen LogP contribution < -0.4 is 5.32 Å². The number of rotatable bonds is 5. The van der Waals surface area contributed by atoms with Crippen molar-refractivity contribution in [1.29, 1.82) is 0 Å². The van der Waals surface area contributed by atoms with E-state index in [0.717, 1.165) is 38.6 Å². The second-order valence-electron chi connectivity index (χ2n) is 6.10. The highest BCUT2D eigenvalue weighted by atomic mass is 127. The van der Waals surface area contributed by atoms with Crippen molar-refractivity contribution in [3.63, 3.8) is 0 Å². The lowest BCUT2D eigenvalue weighted by Crippen LogP contribution is -2.53. The fraction of sp³-hybridized carbons (Fsp3) is 0.938. The molecule has 1 spiro atoms. The molecule has 0 radical (unpaired) electrons. The van der Waals surface area contributed by atoms with Gasteiger partial charge in [0, 0.05) is 50.4 Å². The van der Waals surface area contributed by atoms with Crippen LogP contribution >= 0.6 is 35.7 Å². The minimum Gasteiger partial charge on any atom is -0.385 e. The van der Waals surface area contributed by atoms with E-state index in [1.165, 1.54) is 44.4 Å². The number of hydrogen-bond acceptors (Lipinski definition) is 3. The minimum absolute atomic E-state index is 0. The van der Waals surface area contributed by atoms with Gasteiger partial charge in [-0.3, -0.25) is 4.99 Å². The smallest absolute Gasteiger partial charge is 0.193 e. The Labute approximate surface area is 157 Å². The van der Waals surface area contributed by atoms with Crippen LogP contribution in [0.1, 0.15) is 45.4 Å². The number of methoxy groups -OCH3 is 1. The van der Waals surface area contributed by atoms with E-state index in [1.54, 1.807) is 7.11 Å². The molecule has 1 aliphatic carbocycles. The number of nitrogens with zero attached hydrogens (tertiary/aromatic N) is 2. The molecular weight excluding hydrogens is 409 g/mol. The summed E-state index contributed by atoms with van der Waals surface area (Å²) in [7, 11) is 1.75. The molecule has 1 aliphatic heterocycles. The third-order valence-electron chi connectivity index (χ3n) is 4.42. The van der Waals surface area contributed by atoms with Crippen LogP contribution in [0.15, 0.2) is 4.99 Å². The number of nitrogens with one attached hydrogen (secondary N) is 1. The topological polar surface area (TPSA) is 36.9 Å². The lowest BCUT2D eigenvalue weighted by Gasteiger charge is -2.45. The van der Waals surface area contributed by atoms with Gasteiger partial charge in [0.05, 0.1) is 0 Å². The average molecular weight is 441 g/mol. The highest BCUT2D eigenvalue weighted by molar-refractivity contribution is 14.0. The normalized spacial score (nSPS) is 21.5. The van der Waals surface area contributed by atoms with Crippen LogP contribution in [0, 0.1) is 0 Å². The van der Waals surface area contributed by atoms with Crippen molar-refractivity contribution in [2.75, 3.05) is 45.6 Å².